The van der Waals surface area contributed by atoms with Crippen molar-refractivity contribution < 1.29 is 13.9 Å². The van der Waals surface area contributed by atoms with Crippen molar-refractivity contribution in [2.75, 3.05) is 24.6 Å². The first-order valence-corrected chi connectivity index (χ1v) is 8.16. The van der Waals surface area contributed by atoms with Crippen LogP contribution in [0.2, 0.25) is 0 Å². The van der Waals surface area contributed by atoms with Gasteiger partial charge in [-0.3, -0.25) is 4.79 Å². The number of para-hydroxylation sites is 1. The highest BCUT2D eigenvalue weighted by Gasteiger charge is 2.13. The van der Waals surface area contributed by atoms with Gasteiger partial charge in [0.15, 0.2) is 12.5 Å². The van der Waals surface area contributed by atoms with Crippen molar-refractivity contribution in [2.45, 2.75) is 19.3 Å². The van der Waals surface area contributed by atoms with Gasteiger partial charge in [0.05, 0.1) is 6.21 Å². The number of benzene rings is 1. The van der Waals surface area contributed by atoms with Gasteiger partial charge < -0.3 is 14.1 Å². The zero-order valence-corrected chi connectivity index (χ0v) is 13.5. The number of anilines is 1. The van der Waals surface area contributed by atoms with Gasteiger partial charge in [0.2, 0.25) is 0 Å². The molecule has 2 heterocycles. The lowest BCUT2D eigenvalue weighted by Crippen LogP contribution is -2.28. The summed E-state index contributed by atoms with van der Waals surface area (Å²) in [6, 6.07) is 13.0. The van der Waals surface area contributed by atoms with Crippen molar-refractivity contribution in [3.63, 3.8) is 0 Å². The first-order valence-electron chi connectivity index (χ1n) is 8.16. The Bertz CT molecular complexity index is 676. The van der Waals surface area contributed by atoms with Gasteiger partial charge in [-0.05, 0) is 37.5 Å². The van der Waals surface area contributed by atoms with E-state index >= 15 is 0 Å². The molecule has 1 saturated heterocycles. The monoisotopic (exact) mass is 327 g/mol. The molecule has 126 valence electrons. The van der Waals surface area contributed by atoms with Crippen LogP contribution in [0.15, 0.2) is 52.0 Å². The Hall–Kier alpha value is -2.76. The van der Waals surface area contributed by atoms with Crippen molar-refractivity contribution >= 4 is 18.0 Å². The maximum atomic E-state index is 11.7. The molecular weight excluding hydrogens is 306 g/mol. The van der Waals surface area contributed by atoms with Crippen molar-refractivity contribution in [2.24, 2.45) is 5.10 Å². The number of hydrazone groups is 1. The van der Waals surface area contributed by atoms with Crippen LogP contribution in [0.5, 0.6) is 5.75 Å². The summed E-state index contributed by atoms with van der Waals surface area (Å²) in [7, 11) is 0. The molecule has 1 aliphatic rings. The third kappa shape index (κ3) is 4.62. The molecule has 0 saturated carbocycles. The summed E-state index contributed by atoms with van der Waals surface area (Å²) in [6.07, 6.45) is 5.17. The SMILES string of the molecule is O=C(COc1ccccc1)N/N=C\c1ccc(N2CCCCC2)o1. The number of ether oxygens (including phenoxy) is 1. The van der Waals surface area contributed by atoms with E-state index < -0.39 is 0 Å². The zero-order chi connectivity index (χ0) is 16.6. The molecule has 1 aliphatic heterocycles. The third-order valence-corrected chi connectivity index (χ3v) is 3.77. The van der Waals surface area contributed by atoms with Crippen LogP contribution in [-0.4, -0.2) is 31.8 Å². The van der Waals surface area contributed by atoms with Gasteiger partial charge in [-0.2, -0.15) is 5.10 Å². The van der Waals surface area contributed by atoms with E-state index in [0.717, 1.165) is 19.0 Å². The predicted octanol–water partition coefficient (Wildman–Crippen LogP) is 2.80. The van der Waals surface area contributed by atoms with Crippen LogP contribution < -0.4 is 15.1 Å². The first-order chi connectivity index (χ1) is 11.8. The van der Waals surface area contributed by atoms with Gasteiger partial charge in [-0.25, -0.2) is 5.43 Å². The van der Waals surface area contributed by atoms with Gasteiger partial charge in [-0.1, -0.05) is 18.2 Å². The van der Waals surface area contributed by atoms with E-state index in [-0.39, 0.29) is 12.5 Å². The highest BCUT2D eigenvalue weighted by molar-refractivity contribution is 5.81. The minimum absolute atomic E-state index is 0.0848. The molecular formula is C18H21N3O3. The molecule has 2 aromatic rings. The van der Waals surface area contributed by atoms with E-state index in [1.165, 1.54) is 25.5 Å². The zero-order valence-electron chi connectivity index (χ0n) is 13.5. The smallest absolute Gasteiger partial charge is 0.277 e. The topological polar surface area (TPSA) is 67.1 Å². The maximum absolute atomic E-state index is 11.7. The van der Waals surface area contributed by atoms with Crippen molar-refractivity contribution in [1.29, 1.82) is 0 Å². The van der Waals surface area contributed by atoms with E-state index in [4.69, 9.17) is 9.15 Å². The van der Waals surface area contributed by atoms with E-state index in [2.05, 4.69) is 15.4 Å². The number of furan rings is 1. The number of piperidine rings is 1. The molecule has 1 aromatic carbocycles. The maximum Gasteiger partial charge on any atom is 0.277 e. The van der Waals surface area contributed by atoms with Gasteiger partial charge in [0, 0.05) is 19.2 Å². The van der Waals surface area contributed by atoms with Crippen molar-refractivity contribution in [1.82, 2.24) is 5.43 Å². The van der Waals surface area contributed by atoms with Crippen LogP contribution in [0.25, 0.3) is 0 Å². The Balaban J connectivity index is 1.44. The highest BCUT2D eigenvalue weighted by atomic mass is 16.5. The lowest BCUT2D eigenvalue weighted by atomic mass is 10.1. The fourth-order valence-electron chi connectivity index (χ4n) is 2.56. The molecule has 1 aromatic heterocycles. The molecule has 0 aliphatic carbocycles. The molecule has 24 heavy (non-hydrogen) atoms. The average molecular weight is 327 g/mol. The van der Waals surface area contributed by atoms with E-state index in [0.29, 0.717) is 11.5 Å². The number of carbonyl (C=O) groups is 1. The summed E-state index contributed by atoms with van der Waals surface area (Å²) >= 11 is 0. The number of hydrogen-bond donors (Lipinski definition) is 1. The molecule has 0 bridgehead atoms. The van der Waals surface area contributed by atoms with Gasteiger partial charge in [0.25, 0.3) is 5.91 Å². The summed E-state index contributed by atoms with van der Waals surface area (Å²) in [5.41, 5.74) is 2.42. The minimum Gasteiger partial charge on any atom is -0.484 e. The second-order valence-corrected chi connectivity index (χ2v) is 5.62. The number of hydrogen-bond acceptors (Lipinski definition) is 5. The highest BCUT2D eigenvalue weighted by Crippen LogP contribution is 2.21. The van der Waals surface area contributed by atoms with Crippen LogP contribution in [0.1, 0.15) is 25.0 Å². The molecule has 1 fully saturated rings. The van der Waals surface area contributed by atoms with Crippen LogP contribution in [0.3, 0.4) is 0 Å². The molecule has 1 amide bonds. The molecule has 6 heteroatoms. The lowest BCUT2D eigenvalue weighted by molar-refractivity contribution is -0.123. The van der Waals surface area contributed by atoms with Gasteiger partial charge >= 0.3 is 0 Å². The second-order valence-electron chi connectivity index (χ2n) is 5.62. The molecule has 0 spiro atoms. The summed E-state index contributed by atoms with van der Waals surface area (Å²) < 4.78 is 11.1. The Morgan fingerprint density at radius 1 is 1.17 bits per heavy atom. The lowest BCUT2D eigenvalue weighted by Gasteiger charge is -2.25. The molecule has 1 N–H and O–H groups in total. The van der Waals surface area contributed by atoms with Crippen LogP contribution in [-0.2, 0) is 4.79 Å². The van der Waals surface area contributed by atoms with Crippen molar-refractivity contribution in [3.05, 3.63) is 48.2 Å². The summed E-state index contributed by atoms with van der Waals surface area (Å²) in [5, 5.41) is 3.90. The molecule has 0 unspecified atom stereocenters. The summed E-state index contributed by atoms with van der Waals surface area (Å²) in [6.45, 7) is 1.97. The average Bonchev–Trinajstić information content (AvgIpc) is 3.11. The molecule has 0 radical (unpaired) electrons. The number of rotatable bonds is 6. The minimum atomic E-state index is -0.321. The van der Waals surface area contributed by atoms with Gasteiger partial charge in [-0.15, -0.1) is 0 Å². The van der Waals surface area contributed by atoms with Crippen LogP contribution in [0, 0.1) is 0 Å². The molecule has 6 nitrogen and oxygen atoms in total. The van der Waals surface area contributed by atoms with Gasteiger partial charge in [0.1, 0.15) is 11.5 Å². The van der Waals surface area contributed by atoms with Crippen molar-refractivity contribution in [3.8, 4) is 5.75 Å². The Morgan fingerprint density at radius 2 is 1.96 bits per heavy atom. The first kappa shape index (κ1) is 16.1. The normalized spacial score (nSPS) is 14.8. The standard InChI is InChI=1S/C18H21N3O3/c22-17(14-23-15-7-3-1-4-8-15)20-19-13-16-9-10-18(24-16)21-11-5-2-6-12-21/h1,3-4,7-10,13H,2,5-6,11-12,14H2,(H,20,22)/b19-13-. The fraction of sp³-hybridized carbons (Fsp3) is 0.333. The molecule has 0 atom stereocenters. The van der Waals surface area contributed by atoms with Crippen LogP contribution in [0.4, 0.5) is 5.88 Å². The Labute approximate surface area is 141 Å². The van der Waals surface area contributed by atoms with Crippen LogP contribution >= 0.6 is 0 Å². The predicted molar refractivity (Wildman–Crippen MR) is 92.4 cm³/mol. The van der Waals surface area contributed by atoms with E-state index in [1.807, 2.05) is 30.3 Å². The number of carbonyl (C=O) groups excluding carboxylic acids is 1. The Kier molecular flexibility index (Phi) is 5.50. The number of nitrogens with zero attached hydrogens (tertiary/aromatic N) is 2. The number of amides is 1. The fourth-order valence-corrected chi connectivity index (χ4v) is 2.56. The third-order valence-electron chi connectivity index (χ3n) is 3.77. The Morgan fingerprint density at radius 3 is 2.75 bits per heavy atom. The number of nitrogens with one attached hydrogen (secondary N) is 1. The molecule has 3 rings (SSSR count). The summed E-state index contributed by atoms with van der Waals surface area (Å²) in [4.78, 5) is 13.9. The second kappa shape index (κ2) is 8.19. The largest absolute Gasteiger partial charge is 0.484 e. The summed E-state index contributed by atoms with van der Waals surface area (Å²) in [5.74, 6) is 1.79. The van der Waals surface area contributed by atoms with E-state index in [9.17, 15) is 4.79 Å². The van der Waals surface area contributed by atoms with E-state index in [1.54, 1.807) is 12.1 Å². The quantitative estimate of drug-likeness (QED) is 0.654.